The molecule has 3 aromatic heterocycles. The average molecular weight is 476 g/mol. The number of thiazole rings is 1. The first kappa shape index (κ1) is 22.2. The van der Waals surface area contributed by atoms with Crippen molar-refractivity contribution >= 4 is 33.3 Å². The first-order chi connectivity index (χ1) is 16.6. The third kappa shape index (κ3) is 4.05. The van der Waals surface area contributed by atoms with Crippen molar-refractivity contribution in [3.63, 3.8) is 0 Å². The maximum atomic E-state index is 13.0. The fraction of sp³-hybridized carbons (Fsp3) is 0.269. The molecule has 0 bridgehead atoms. The molecule has 3 heterocycles. The molecule has 0 fully saturated rings. The third-order valence-corrected chi connectivity index (χ3v) is 6.68. The van der Waals surface area contributed by atoms with Gasteiger partial charge in [-0.05, 0) is 43.2 Å². The number of aromatic nitrogens is 3. The fourth-order valence-electron chi connectivity index (χ4n) is 3.90. The highest BCUT2D eigenvalue weighted by Crippen LogP contribution is 2.31. The van der Waals surface area contributed by atoms with Gasteiger partial charge < -0.3 is 13.9 Å². The maximum Gasteiger partial charge on any atom is 0.291 e. The number of hydrogen-bond acceptors (Lipinski definition) is 7. The molecule has 0 aliphatic rings. The van der Waals surface area contributed by atoms with Crippen LogP contribution in [0, 0.1) is 6.92 Å². The number of para-hydroxylation sites is 1. The summed E-state index contributed by atoms with van der Waals surface area (Å²) in [5.74, 6) is 2.34. The zero-order valence-corrected chi connectivity index (χ0v) is 20.1. The molecular formula is C26H25N3O4S. The maximum absolute atomic E-state index is 13.0. The van der Waals surface area contributed by atoms with Crippen LogP contribution < -0.4 is 19.6 Å². The van der Waals surface area contributed by atoms with Gasteiger partial charge in [0.25, 0.3) is 5.56 Å². The number of ether oxygens (including phenoxy) is 2. The van der Waals surface area contributed by atoms with Crippen LogP contribution in [0.4, 0.5) is 0 Å². The van der Waals surface area contributed by atoms with Crippen LogP contribution in [0.1, 0.15) is 37.3 Å². The van der Waals surface area contributed by atoms with Crippen molar-refractivity contribution < 1.29 is 13.9 Å². The van der Waals surface area contributed by atoms with Gasteiger partial charge >= 0.3 is 0 Å². The molecule has 0 atom stereocenters. The van der Waals surface area contributed by atoms with Gasteiger partial charge in [-0.1, -0.05) is 55.4 Å². The van der Waals surface area contributed by atoms with Crippen molar-refractivity contribution in [2.24, 2.45) is 0 Å². The predicted molar refractivity (Wildman–Crippen MR) is 134 cm³/mol. The van der Waals surface area contributed by atoms with E-state index in [1.54, 1.807) is 7.11 Å². The molecule has 0 saturated carbocycles. The van der Waals surface area contributed by atoms with E-state index >= 15 is 0 Å². The Morgan fingerprint density at radius 1 is 1.15 bits per heavy atom. The van der Waals surface area contributed by atoms with E-state index in [1.165, 1.54) is 15.9 Å². The van der Waals surface area contributed by atoms with Crippen LogP contribution in [-0.2, 0) is 0 Å². The molecule has 174 valence electrons. The Labute approximate surface area is 200 Å². The second kappa shape index (κ2) is 9.30. The standard InChI is InChI=1S/C26H25N3O4S/c1-4-5-8-13-32-20-12-11-17(14-21(20)31-3)15-22-25(30)29-26(34-22)27-24(28-29)23-16(2)18-9-6-7-10-19(18)33-23/h6-7,9-12,14-15H,4-5,8,13H2,1-3H3. The van der Waals surface area contributed by atoms with E-state index in [0.29, 0.717) is 39.2 Å². The molecule has 0 aliphatic heterocycles. The minimum absolute atomic E-state index is 0.216. The number of fused-ring (bicyclic) bond motifs is 2. The number of methoxy groups -OCH3 is 1. The molecule has 0 saturated heterocycles. The second-order valence-electron chi connectivity index (χ2n) is 8.06. The van der Waals surface area contributed by atoms with E-state index in [0.717, 1.165) is 41.4 Å². The molecule has 5 rings (SSSR count). The summed E-state index contributed by atoms with van der Waals surface area (Å²) in [5, 5.41) is 5.46. The fourth-order valence-corrected chi connectivity index (χ4v) is 4.80. The Balaban J connectivity index is 1.46. The molecule has 7 nitrogen and oxygen atoms in total. The van der Waals surface area contributed by atoms with Gasteiger partial charge in [0, 0.05) is 10.9 Å². The van der Waals surface area contributed by atoms with Crippen molar-refractivity contribution in [1.29, 1.82) is 0 Å². The first-order valence-electron chi connectivity index (χ1n) is 11.3. The lowest BCUT2D eigenvalue weighted by Gasteiger charge is -2.11. The van der Waals surface area contributed by atoms with Gasteiger partial charge in [-0.15, -0.1) is 5.10 Å². The number of hydrogen-bond donors (Lipinski definition) is 0. The molecule has 5 aromatic rings. The molecule has 0 spiro atoms. The number of unbranched alkanes of at least 4 members (excludes halogenated alkanes) is 2. The minimum atomic E-state index is -0.216. The number of nitrogens with zero attached hydrogens (tertiary/aromatic N) is 3. The molecule has 0 aliphatic carbocycles. The lowest BCUT2D eigenvalue weighted by molar-refractivity contribution is 0.286. The molecular weight excluding hydrogens is 450 g/mol. The van der Waals surface area contributed by atoms with E-state index in [1.807, 2.05) is 55.5 Å². The minimum Gasteiger partial charge on any atom is -0.493 e. The van der Waals surface area contributed by atoms with Gasteiger partial charge in [-0.25, -0.2) is 0 Å². The largest absolute Gasteiger partial charge is 0.493 e. The lowest BCUT2D eigenvalue weighted by atomic mass is 10.1. The van der Waals surface area contributed by atoms with E-state index in [9.17, 15) is 4.79 Å². The third-order valence-electron chi connectivity index (χ3n) is 5.72. The van der Waals surface area contributed by atoms with Crippen molar-refractivity contribution in [2.45, 2.75) is 33.1 Å². The second-order valence-corrected chi connectivity index (χ2v) is 9.07. The molecule has 0 unspecified atom stereocenters. The highest BCUT2D eigenvalue weighted by Gasteiger charge is 2.19. The van der Waals surface area contributed by atoms with Crippen molar-refractivity contribution in [3.8, 4) is 23.1 Å². The summed E-state index contributed by atoms with van der Waals surface area (Å²) in [6.07, 6.45) is 5.10. The van der Waals surface area contributed by atoms with E-state index < -0.39 is 0 Å². The zero-order chi connectivity index (χ0) is 23.7. The predicted octanol–water partition coefficient (Wildman–Crippen LogP) is 5.00. The quantitative estimate of drug-likeness (QED) is 0.294. The highest BCUT2D eigenvalue weighted by atomic mass is 32.1. The summed E-state index contributed by atoms with van der Waals surface area (Å²) in [7, 11) is 1.61. The smallest absolute Gasteiger partial charge is 0.291 e. The summed E-state index contributed by atoms with van der Waals surface area (Å²) in [4.78, 5) is 18.1. The van der Waals surface area contributed by atoms with Crippen LogP contribution in [0.15, 0.2) is 51.7 Å². The van der Waals surface area contributed by atoms with Gasteiger partial charge in [0.2, 0.25) is 10.8 Å². The molecule has 8 heteroatoms. The number of aryl methyl sites for hydroxylation is 1. The molecule has 2 aromatic carbocycles. The summed E-state index contributed by atoms with van der Waals surface area (Å²) >= 11 is 1.29. The van der Waals surface area contributed by atoms with Gasteiger partial charge in [0.15, 0.2) is 17.3 Å². The Kier molecular flexibility index (Phi) is 6.06. The van der Waals surface area contributed by atoms with E-state index in [2.05, 4.69) is 17.0 Å². The van der Waals surface area contributed by atoms with Crippen molar-refractivity contribution in [2.75, 3.05) is 13.7 Å². The summed E-state index contributed by atoms with van der Waals surface area (Å²) in [6.45, 7) is 4.78. The Morgan fingerprint density at radius 2 is 2.00 bits per heavy atom. The number of rotatable bonds is 8. The molecule has 0 radical (unpaired) electrons. The Bertz CT molecular complexity index is 1580. The van der Waals surface area contributed by atoms with Crippen LogP contribution >= 0.6 is 11.3 Å². The molecule has 0 amide bonds. The zero-order valence-electron chi connectivity index (χ0n) is 19.3. The lowest BCUT2D eigenvalue weighted by Crippen LogP contribution is -2.23. The SMILES string of the molecule is CCCCCOc1ccc(C=c2sc3nc(-c4oc5ccccc5c4C)nn3c2=O)cc1OC. The summed E-state index contributed by atoms with van der Waals surface area (Å²) in [6, 6.07) is 13.5. The van der Waals surface area contributed by atoms with Gasteiger partial charge in [0.05, 0.1) is 18.2 Å². The van der Waals surface area contributed by atoms with Gasteiger partial charge in [-0.3, -0.25) is 4.79 Å². The van der Waals surface area contributed by atoms with Crippen LogP contribution in [0.25, 0.3) is 33.6 Å². The van der Waals surface area contributed by atoms with Crippen molar-refractivity contribution in [3.05, 3.63) is 68.5 Å². The van der Waals surface area contributed by atoms with Crippen LogP contribution in [0.5, 0.6) is 11.5 Å². The van der Waals surface area contributed by atoms with Gasteiger partial charge in [-0.2, -0.15) is 9.50 Å². The Hall–Kier alpha value is -3.65. The number of furan rings is 1. The highest BCUT2D eigenvalue weighted by molar-refractivity contribution is 7.15. The molecule has 0 N–H and O–H groups in total. The first-order valence-corrected chi connectivity index (χ1v) is 12.1. The van der Waals surface area contributed by atoms with Crippen LogP contribution in [0.3, 0.4) is 0 Å². The van der Waals surface area contributed by atoms with Gasteiger partial charge in [0.1, 0.15) is 5.58 Å². The topological polar surface area (TPSA) is 78.9 Å². The summed E-state index contributed by atoms with van der Waals surface area (Å²) < 4.78 is 19.2. The van der Waals surface area contributed by atoms with E-state index in [-0.39, 0.29) is 5.56 Å². The monoisotopic (exact) mass is 475 g/mol. The van der Waals surface area contributed by atoms with Crippen LogP contribution in [-0.4, -0.2) is 28.3 Å². The van der Waals surface area contributed by atoms with Crippen molar-refractivity contribution in [1.82, 2.24) is 14.6 Å². The van der Waals surface area contributed by atoms with E-state index in [4.69, 9.17) is 13.9 Å². The number of benzene rings is 2. The molecule has 34 heavy (non-hydrogen) atoms. The normalized spacial score (nSPS) is 12.1. The Morgan fingerprint density at radius 3 is 2.76 bits per heavy atom. The summed E-state index contributed by atoms with van der Waals surface area (Å²) in [5.41, 5.74) is 2.35. The van der Waals surface area contributed by atoms with Crippen LogP contribution in [0.2, 0.25) is 0 Å². The average Bonchev–Trinajstić information content (AvgIpc) is 3.50.